The Kier molecular flexibility index (Phi) is 3.30. The standard InChI is InChI=1S/C14H9FN2O2S/c15-9-3-5-10(6-4-9)16-13(18)11-8-20-14(17-11)12-2-1-7-19-12/h1-8H,(H,16,18). The second kappa shape index (κ2) is 5.26. The normalized spacial score (nSPS) is 10.4. The van der Waals surface area contributed by atoms with E-state index in [1.807, 2.05) is 0 Å². The number of hydrogen-bond acceptors (Lipinski definition) is 4. The first kappa shape index (κ1) is 12.6. The molecule has 6 heteroatoms. The van der Waals surface area contributed by atoms with Crippen molar-refractivity contribution in [1.82, 2.24) is 4.98 Å². The van der Waals surface area contributed by atoms with Gasteiger partial charge < -0.3 is 9.73 Å². The summed E-state index contributed by atoms with van der Waals surface area (Å²) in [5.74, 6) is -0.0711. The Bertz CT molecular complexity index is 720. The van der Waals surface area contributed by atoms with E-state index in [2.05, 4.69) is 10.3 Å². The summed E-state index contributed by atoms with van der Waals surface area (Å²) in [5.41, 5.74) is 0.815. The van der Waals surface area contributed by atoms with E-state index in [4.69, 9.17) is 4.42 Å². The van der Waals surface area contributed by atoms with Gasteiger partial charge in [-0.15, -0.1) is 11.3 Å². The van der Waals surface area contributed by atoms with Gasteiger partial charge in [0.1, 0.15) is 11.5 Å². The van der Waals surface area contributed by atoms with Crippen LogP contribution < -0.4 is 5.32 Å². The van der Waals surface area contributed by atoms with Crippen LogP contribution >= 0.6 is 11.3 Å². The van der Waals surface area contributed by atoms with E-state index >= 15 is 0 Å². The van der Waals surface area contributed by atoms with Gasteiger partial charge in [0.25, 0.3) is 5.91 Å². The number of anilines is 1. The van der Waals surface area contributed by atoms with Crippen molar-refractivity contribution in [2.24, 2.45) is 0 Å². The third-order valence-electron chi connectivity index (χ3n) is 2.57. The highest BCUT2D eigenvalue weighted by Crippen LogP contribution is 2.24. The number of rotatable bonds is 3. The summed E-state index contributed by atoms with van der Waals surface area (Å²) in [7, 11) is 0. The van der Waals surface area contributed by atoms with Crippen LogP contribution in [0.3, 0.4) is 0 Å². The number of halogens is 1. The predicted molar refractivity (Wildman–Crippen MR) is 74.2 cm³/mol. The zero-order chi connectivity index (χ0) is 13.9. The third kappa shape index (κ3) is 2.60. The number of amides is 1. The smallest absolute Gasteiger partial charge is 0.275 e. The maximum absolute atomic E-state index is 12.8. The lowest BCUT2D eigenvalue weighted by molar-refractivity contribution is 0.102. The zero-order valence-corrected chi connectivity index (χ0v) is 11.0. The third-order valence-corrected chi connectivity index (χ3v) is 3.43. The molecule has 2 aromatic heterocycles. The minimum Gasteiger partial charge on any atom is -0.462 e. The minimum absolute atomic E-state index is 0.297. The number of carbonyl (C=O) groups excluding carboxylic acids is 1. The van der Waals surface area contributed by atoms with Gasteiger partial charge in [0.05, 0.1) is 6.26 Å². The van der Waals surface area contributed by atoms with Crippen molar-refractivity contribution in [3.05, 3.63) is 59.6 Å². The summed E-state index contributed by atoms with van der Waals surface area (Å²) in [6.45, 7) is 0. The van der Waals surface area contributed by atoms with Crippen LogP contribution in [0.25, 0.3) is 10.8 Å². The fourth-order valence-corrected chi connectivity index (χ4v) is 2.39. The largest absolute Gasteiger partial charge is 0.462 e. The Morgan fingerprint density at radius 1 is 1.25 bits per heavy atom. The highest BCUT2D eigenvalue weighted by atomic mass is 32.1. The quantitative estimate of drug-likeness (QED) is 0.797. The second-order valence-electron chi connectivity index (χ2n) is 3.98. The number of furan rings is 1. The number of benzene rings is 1. The second-order valence-corrected chi connectivity index (χ2v) is 4.83. The molecule has 20 heavy (non-hydrogen) atoms. The maximum atomic E-state index is 12.8. The zero-order valence-electron chi connectivity index (χ0n) is 10.2. The SMILES string of the molecule is O=C(Nc1ccc(F)cc1)c1csc(-c2ccco2)n1. The fraction of sp³-hybridized carbons (Fsp3) is 0. The van der Waals surface area contributed by atoms with Gasteiger partial charge in [0.2, 0.25) is 0 Å². The molecule has 0 aliphatic heterocycles. The molecule has 3 aromatic rings. The molecule has 0 atom stereocenters. The Labute approximate surface area is 117 Å². The summed E-state index contributed by atoms with van der Waals surface area (Å²) < 4.78 is 18.0. The lowest BCUT2D eigenvalue weighted by Gasteiger charge is -2.02. The van der Waals surface area contributed by atoms with Crippen LogP contribution in [0.15, 0.2) is 52.5 Å². The fourth-order valence-electron chi connectivity index (χ4n) is 1.62. The number of nitrogens with zero attached hydrogens (tertiary/aromatic N) is 1. The molecule has 0 saturated carbocycles. The van der Waals surface area contributed by atoms with E-state index in [-0.39, 0.29) is 11.7 Å². The van der Waals surface area contributed by atoms with Crippen LogP contribution in [-0.4, -0.2) is 10.9 Å². The molecule has 1 amide bonds. The minimum atomic E-state index is -0.350. The van der Waals surface area contributed by atoms with Crippen molar-refractivity contribution >= 4 is 22.9 Å². The molecule has 0 unspecified atom stereocenters. The van der Waals surface area contributed by atoms with Crippen LogP contribution in [0.4, 0.5) is 10.1 Å². The number of aromatic nitrogens is 1. The summed E-state index contributed by atoms with van der Waals surface area (Å²) in [6.07, 6.45) is 1.55. The molecule has 0 aliphatic rings. The van der Waals surface area contributed by atoms with Gasteiger partial charge in [-0.3, -0.25) is 4.79 Å². The lowest BCUT2D eigenvalue weighted by Crippen LogP contribution is -2.12. The lowest BCUT2D eigenvalue weighted by atomic mass is 10.3. The van der Waals surface area contributed by atoms with Gasteiger partial charge in [-0.1, -0.05) is 0 Å². The van der Waals surface area contributed by atoms with Crippen LogP contribution in [-0.2, 0) is 0 Å². The van der Waals surface area contributed by atoms with E-state index in [1.165, 1.54) is 35.6 Å². The first-order chi connectivity index (χ1) is 9.72. The number of hydrogen-bond donors (Lipinski definition) is 1. The first-order valence-corrected chi connectivity index (χ1v) is 6.67. The summed E-state index contributed by atoms with van der Waals surface area (Å²) in [6, 6.07) is 9.09. The maximum Gasteiger partial charge on any atom is 0.275 e. The molecule has 0 aliphatic carbocycles. The van der Waals surface area contributed by atoms with Crippen LogP contribution in [0.5, 0.6) is 0 Å². The van der Waals surface area contributed by atoms with Gasteiger partial charge in [0, 0.05) is 11.1 Å². The summed E-state index contributed by atoms with van der Waals surface area (Å²) in [4.78, 5) is 16.2. The molecule has 0 radical (unpaired) electrons. The van der Waals surface area contributed by atoms with Gasteiger partial charge in [-0.25, -0.2) is 9.37 Å². The van der Waals surface area contributed by atoms with E-state index in [0.717, 1.165) is 0 Å². The Balaban J connectivity index is 1.76. The average Bonchev–Trinajstić information content (AvgIpc) is 3.11. The van der Waals surface area contributed by atoms with E-state index in [9.17, 15) is 9.18 Å². The molecular formula is C14H9FN2O2S. The highest BCUT2D eigenvalue weighted by Gasteiger charge is 2.13. The Morgan fingerprint density at radius 2 is 2.05 bits per heavy atom. The number of thiazole rings is 1. The van der Waals surface area contributed by atoms with Crippen molar-refractivity contribution in [2.75, 3.05) is 5.32 Å². The molecule has 1 N–H and O–H groups in total. The van der Waals surface area contributed by atoms with Crippen molar-refractivity contribution in [1.29, 1.82) is 0 Å². The van der Waals surface area contributed by atoms with Crippen LogP contribution in [0, 0.1) is 5.82 Å². The monoisotopic (exact) mass is 288 g/mol. The highest BCUT2D eigenvalue weighted by molar-refractivity contribution is 7.13. The van der Waals surface area contributed by atoms with Crippen molar-refractivity contribution in [3.8, 4) is 10.8 Å². The molecule has 0 bridgehead atoms. The molecule has 0 fully saturated rings. The van der Waals surface area contributed by atoms with Crippen LogP contribution in [0.1, 0.15) is 10.5 Å². The van der Waals surface area contributed by atoms with Crippen molar-refractivity contribution < 1.29 is 13.6 Å². The Hall–Kier alpha value is -2.47. The molecule has 100 valence electrons. The van der Waals surface area contributed by atoms with E-state index < -0.39 is 0 Å². The first-order valence-electron chi connectivity index (χ1n) is 5.79. The molecule has 0 spiro atoms. The van der Waals surface area contributed by atoms with Crippen LogP contribution in [0.2, 0.25) is 0 Å². The Morgan fingerprint density at radius 3 is 2.75 bits per heavy atom. The van der Waals surface area contributed by atoms with Gasteiger partial charge >= 0.3 is 0 Å². The molecule has 2 heterocycles. The molecule has 1 aromatic carbocycles. The van der Waals surface area contributed by atoms with Gasteiger partial charge in [0.15, 0.2) is 10.8 Å². The summed E-state index contributed by atoms with van der Waals surface area (Å²) in [5, 5.41) is 4.94. The number of nitrogens with one attached hydrogen (secondary N) is 1. The molecule has 0 saturated heterocycles. The van der Waals surface area contributed by atoms with Crippen molar-refractivity contribution in [2.45, 2.75) is 0 Å². The topological polar surface area (TPSA) is 55.1 Å². The van der Waals surface area contributed by atoms with Crippen molar-refractivity contribution in [3.63, 3.8) is 0 Å². The molecule has 4 nitrogen and oxygen atoms in total. The van der Waals surface area contributed by atoms with Gasteiger partial charge in [-0.2, -0.15) is 0 Å². The predicted octanol–water partition coefficient (Wildman–Crippen LogP) is 3.79. The van der Waals surface area contributed by atoms with E-state index in [1.54, 1.807) is 23.8 Å². The van der Waals surface area contributed by atoms with E-state index in [0.29, 0.717) is 22.1 Å². The number of carbonyl (C=O) groups is 1. The summed E-state index contributed by atoms with van der Waals surface area (Å²) >= 11 is 1.32. The average molecular weight is 288 g/mol. The molecule has 3 rings (SSSR count). The van der Waals surface area contributed by atoms with Gasteiger partial charge in [-0.05, 0) is 36.4 Å². The molecular weight excluding hydrogens is 279 g/mol.